The molecule has 3 aromatic rings. The number of hydrogen-bond acceptors (Lipinski definition) is 4. The average Bonchev–Trinajstić information content (AvgIpc) is 2.85. The van der Waals surface area contributed by atoms with Crippen LogP contribution < -0.4 is 4.74 Å². The van der Waals surface area contributed by atoms with E-state index in [4.69, 9.17) is 4.74 Å². The monoisotopic (exact) mass is 504 g/mol. The Labute approximate surface area is 217 Å². The van der Waals surface area contributed by atoms with E-state index in [0.29, 0.717) is 24.2 Å². The van der Waals surface area contributed by atoms with Crippen LogP contribution in [0.25, 0.3) is 0 Å². The topological polar surface area (TPSA) is 70.1 Å². The summed E-state index contributed by atoms with van der Waals surface area (Å²) in [5, 5.41) is 9.43. The zero-order valence-electron chi connectivity index (χ0n) is 21.2. The molecule has 0 unspecified atom stereocenters. The van der Waals surface area contributed by atoms with Crippen LogP contribution >= 0.6 is 0 Å². The highest BCUT2D eigenvalue weighted by Crippen LogP contribution is 2.26. The van der Waals surface area contributed by atoms with Crippen molar-refractivity contribution in [1.29, 1.82) is 0 Å². The van der Waals surface area contributed by atoms with Gasteiger partial charge in [0, 0.05) is 25.1 Å². The Morgan fingerprint density at radius 3 is 2.62 bits per heavy atom. The van der Waals surface area contributed by atoms with Gasteiger partial charge in [0.15, 0.2) is 0 Å². The number of halogens is 1. The molecule has 1 amide bonds. The Balaban J connectivity index is 1.64. The first-order valence-electron chi connectivity index (χ1n) is 12.6. The van der Waals surface area contributed by atoms with Crippen molar-refractivity contribution in [3.8, 4) is 5.75 Å². The van der Waals surface area contributed by atoms with Gasteiger partial charge < -0.3 is 19.6 Å². The number of ether oxygens (including phenoxy) is 1. The second kappa shape index (κ2) is 12.5. The number of carbonyl (C=O) groups excluding carboxylic acids is 1. The highest BCUT2D eigenvalue weighted by atomic mass is 19.1. The minimum absolute atomic E-state index is 0.00790. The molecule has 0 saturated heterocycles. The maximum atomic E-state index is 13.7. The predicted molar refractivity (Wildman–Crippen MR) is 140 cm³/mol. The van der Waals surface area contributed by atoms with E-state index in [2.05, 4.69) is 30.1 Å². The van der Waals surface area contributed by atoms with Crippen LogP contribution in [0.5, 0.6) is 5.75 Å². The van der Waals surface area contributed by atoms with Gasteiger partial charge in [0.2, 0.25) is 0 Å². The lowest BCUT2D eigenvalue weighted by molar-refractivity contribution is -0.137. The molecular weight excluding hydrogens is 471 g/mol. The van der Waals surface area contributed by atoms with Crippen LogP contribution in [-0.4, -0.2) is 53.5 Å². The van der Waals surface area contributed by atoms with Gasteiger partial charge >= 0.3 is 5.97 Å². The van der Waals surface area contributed by atoms with Gasteiger partial charge in [-0.15, -0.1) is 0 Å². The Bertz CT molecular complexity index is 1250. The SMILES string of the molecule is CN1CCCCCOc2ccc(C(=O)N(CC(=O)O)Cc3cccc(F)c3)cc2Cc2cccc(c2)C1. The molecule has 1 heterocycles. The van der Waals surface area contributed by atoms with E-state index < -0.39 is 24.2 Å². The second-order valence-electron chi connectivity index (χ2n) is 9.65. The first-order valence-corrected chi connectivity index (χ1v) is 12.6. The van der Waals surface area contributed by atoms with Crippen molar-refractivity contribution < 1.29 is 23.8 Å². The lowest BCUT2D eigenvalue weighted by atomic mass is 9.99. The molecule has 194 valence electrons. The molecule has 7 heteroatoms. The van der Waals surface area contributed by atoms with Crippen molar-refractivity contribution in [3.05, 3.63) is 100 Å². The van der Waals surface area contributed by atoms with E-state index in [1.807, 2.05) is 6.07 Å². The van der Waals surface area contributed by atoms with E-state index in [1.54, 1.807) is 30.3 Å². The average molecular weight is 505 g/mol. The molecule has 37 heavy (non-hydrogen) atoms. The number of carboxylic acid groups (broad SMARTS) is 1. The van der Waals surface area contributed by atoms with Crippen molar-refractivity contribution in [1.82, 2.24) is 9.80 Å². The van der Waals surface area contributed by atoms with Gasteiger partial charge in [-0.3, -0.25) is 9.59 Å². The summed E-state index contributed by atoms with van der Waals surface area (Å²) in [6.07, 6.45) is 3.70. The normalized spacial score (nSPS) is 14.6. The number of carbonyl (C=O) groups is 2. The molecule has 1 aliphatic rings. The number of fused-ring (bicyclic) bond motifs is 3. The van der Waals surface area contributed by atoms with Crippen molar-refractivity contribution in [2.24, 2.45) is 0 Å². The number of amides is 1. The van der Waals surface area contributed by atoms with Crippen molar-refractivity contribution in [2.75, 3.05) is 26.7 Å². The van der Waals surface area contributed by atoms with E-state index in [0.717, 1.165) is 49.2 Å². The van der Waals surface area contributed by atoms with Gasteiger partial charge in [-0.25, -0.2) is 4.39 Å². The molecule has 0 saturated carbocycles. The summed E-state index contributed by atoms with van der Waals surface area (Å²) in [6.45, 7) is 2.01. The summed E-state index contributed by atoms with van der Waals surface area (Å²) in [4.78, 5) is 28.5. The molecule has 1 N–H and O–H groups in total. The van der Waals surface area contributed by atoms with Gasteiger partial charge in [-0.1, -0.05) is 36.4 Å². The molecular formula is C30H33FN2O4. The zero-order valence-corrected chi connectivity index (χ0v) is 21.2. The third-order valence-corrected chi connectivity index (χ3v) is 6.46. The summed E-state index contributed by atoms with van der Waals surface area (Å²) >= 11 is 0. The lowest BCUT2D eigenvalue weighted by Crippen LogP contribution is -2.35. The largest absolute Gasteiger partial charge is 0.493 e. The standard InChI is InChI=1S/C30H33FN2O4/c1-32-13-3-2-4-14-37-28-12-11-25(18-26(28)16-22-7-5-8-23(15-22)19-32)30(36)33(21-29(34)35)20-24-9-6-10-27(31)17-24/h5-12,15,17-18H,2-4,13-14,16,19-21H2,1H3,(H,34,35). The molecule has 0 aromatic heterocycles. The molecule has 2 bridgehead atoms. The highest BCUT2D eigenvalue weighted by Gasteiger charge is 2.21. The molecule has 3 aromatic carbocycles. The molecule has 0 aliphatic carbocycles. The molecule has 0 fully saturated rings. The molecule has 0 radical (unpaired) electrons. The molecule has 4 rings (SSSR count). The van der Waals surface area contributed by atoms with Crippen LogP contribution in [0.2, 0.25) is 0 Å². The molecule has 6 nitrogen and oxygen atoms in total. The van der Waals surface area contributed by atoms with Gasteiger partial charge in [-0.05, 0) is 85.4 Å². The lowest BCUT2D eigenvalue weighted by Gasteiger charge is -2.22. The Morgan fingerprint density at radius 1 is 1.00 bits per heavy atom. The van der Waals surface area contributed by atoms with E-state index >= 15 is 0 Å². The molecule has 0 atom stereocenters. The van der Waals surface area contributed by atoms with Gasteiger partial charge in [0.25, 0.3) is 5.91 Å². The quantitative estimate of drug-likeness (QED) is 0.521. The van der Waals surface area contributed by atoms with E-state index in [1.165, 1.54) is 22.6 Å². The van der Waals surface area contributed by atoms with E-state index in [-0.39, 0.29) is 6.54 Å². The van der Waals surface area contributed by atoms with Crippen molar-refractivity contribution in [3.63, 3.8) is 0 Å². The fourth-order valence-electron chi connectivity index (χ4n) is 4.68. The third-order valence-electron chi connectivity index (χ3n) is 6.46. The second-order valence-corrected chi connectivity index (χ2v) is 9.65. The summed E-state index contributed by atoms with van der Waals surface area (Å²) < 4.78 is 19.8. The number of carboxylic acids is 1. The highest BCUT2D eigenvalue weighted by molar-refractivity contribution is 5.96. The predicted octanol–water partition coefficient (Wildman–Crippen LogP) is 5.14. The summed E-state index contributed by atoms with van der Waals surface area (Å²) in [5.41, 5.74) is 4.11. The summed E-state index contributed by atoms with van der Waals surface area (Å²) in [7, 11) is 2.13. The number of rotatable bonds is 5. The Kier molecular flexibility index (Phi) is 8.90. The fourth-order valence-corrected chi connectivity index (χ4v) is 4.68. The minimum Gasteiger partial charge on any atom is -0.493 e. The third kappa shape index (κ3) is 7.64. The van der Waals surface area contributed by atoms with Crippen LogP contribution in [0.4, 0.5) is 4.39 Å². The number of nitrogens with zero attached hydrogens (tertiary/aromatic N) is 2. The van der Waals surface area contributed by atoms with Crippen LogP contribution in [0, 0.1) is 5.82 Å². The summed E-state index contributed by atoms with van der Waals surface area (Å²) in [5.74, 6) is -1.26. The minimum atomic E-state index is -1.13. The van der Waals surface area contributed by atoms with Crippen molar-refractivity contribution >= 4 is 11.9 Å². The Morgan fingerprint density at radius 2 is 1.81 bits per heavy atom. The van der Waals surface area contributed by atoms with Crippen LogP contribution in [-0.2, 0) is 24.3 Å². The molecule has 1 aliphatic heterocycles. The van der Waals surface area contributed by atoms with E-state index in [9.17, 15) is 19.1 Å². The van der Waals surface area contributed by atoms with Gasteiger partial charge in [-0.2, -0.15) is 0 Å². The maximum Gasteiger partial charge on any atom is 0.323 e. The van der Waals surface area contributed by atoms with Gasteiger partial charge in [0.1, 0.15) is 18.1 Å². The van der Waals surface area contributed by atoms with Crippen LogP contribution in [0.15, 0.2) is 66.7 Å². The number of aliphatic carboxylic acids is 1. The van der Waals surface area contributed by atoms with Gasteiger partial charge in [0.05, 0.1) is 6.61 Å². The van der Waals surface area contributed by atoms with Crippen LogP contribution in [0.1, 0.15) is 51.9 Å². The Hall–Kier alpha value is -3.71. The summed E-state index contributed by atoms with van der Waals surface area (Å²) in [6, 6.07) is 19.5. The first-order chi connectivity index (χ1) is 17.9. The fraction of sp³-hybridized carbons (Fsp3) is 0.333. The maximum absolute atomic E-state index is 13.7. The zero-order chi connectivity index (χ0) is 26.2. The number of benzene rings is 3. The van der Waals surface area contributed by atoms with Crippen LogP contribution in [0.3, 0.4) is 0 Å². The molecule has 0 spiro atoms. The smallest absolute Gasteiger partial charge is 0.323 e. The first kappa shape index (κ1) is 26.4. The van der Waals surface area contributed by atoms with Crippen molar-refractivity contribution in [2.45, 2.75) is 38.8 Å². The number of hydrogen-bond donors (Lipinski definition) is 1.